The first-order chi connectivity index (χ1) is 27.4. The van der Waals surface area contributed by atoms with Gasteiger partial charge >= 0.3 is 12.2 Å². The van der Waals surface area contributed by atoms with Crippen LogP contribution in [0.15, 0.2) is 84.9 Å². The molecule has 6 heteroatoms. The first kappa shape index (κ1) is 33.5. The van der Waals surface area contributed by atoms with Gasteiger partial charge in [-0.05, 0) is 132 Å². The summed E-state index contributed by atoms with van der Waals surface area (Å²) in [6, 6.07) is 32.9. The fourth-order valence-corrected chi connectivity index (χ4v) is 16.1. The summed E-state index contributed by atoms with van der Waals surface area (Å²) < 4.78 is 11.0. The molecule has 4 aromatic carbocycles. The number of ether oxygens (including phenoxy) is 2. The zero-order valence-electron chi connectivity index (χ0n) is 32.8. The van der Waals surface area contributed by atoms with Crippen LogP contribution in [0.2, 0.25) is 0 Å². The highest BCUT2D eigenvalue weighted by atomic mass is 16.5. The van der Waals surface area contributed by atoms with E-state index in [0.29, 0.717) is 18.4 Å². The van der Waals surface area contributed by atoms with E-state index in [4.69, 9.17) is 9.47 Å². The molecule has 6 nitrogen and oxygen atoms in total. The molecule has 0 unspecified atom stereocenters. The van der Waals surface area contributed by atoms with Crippen molar-refractivity contribution in [2.24, 2.45) is 11.8 Å². The third-order valence-corrected chi connectivity index (χ3v) is 17.6. The quantitative estimate of drug-likeness (QED) is 0.210. The van der Waals surface area contributed by atoms with Gasteiger partial charge < -0.3 is 19.3 Å². The molecule has 0 bridgehead atoms. The summed E-state index contributed by atoms with van der Waals surface area (Å²) in [4.78, 5) is 31.5. The van der Waals surface area contributed by atoms with E-state index >= 15 is 0 Å². The van der Waals surface area contributed by atoms with Gasteiger partial charge in [0.2, 0.25) is 0 Å². The molecular weight excluding hydrogens is 693 g/mol. The van der Waals surface area contributed by atoms with E-state index in [9.17, 15) is 9.59 Å². The largest absolute Gasteiger partial charge is 0.453 e. The SMILES string of the molecule is COC(=O)N1CC[C@]2(c3cccc4c3C[C@H]3N(C(=O)OC)CC[C@@]43[C@]34CCC[C@H]3Cc3c([C@]56CCC[C@H]5Cc5ccccc56)cccc34)c3ccccc3C[C@H]12. The van der Waals surface area contributed by atoms with Crippen LogP contribution in [0.5, 0.6) is 0 Å². The van der Waals surface area contributed by atoms with Crippen LogP contribution < -0.4 is 0 Å². The molecule has 2 saturated carbocycles. The van der Waals surface area contributed by atoms with Crippen molar-refractivity contribution in [1.82, 2.24) is 9.80 Å². The van der Waals surface area contributed by atoms with Crippen molar-refractivity contribution >= 4 is 12.2 Å². The van der Waals surface area contributed by atoms with E-state index in [1.54, 1.807) is 34.9 Å². The summed E-state index contributed by atoms with van der Waals surface area (Å²) in [7, 11) is 3.07. The monoisotopic (exact) mass is 744 g/mol. The normalized spacial score (nSPS) is 35.0. The van der Waals surface area contributed by atoms with E-state index in [1.165, 1.54) is 73.5 Å². The van der Waals surface area contributed by atoms with Gasteiger partial charge in [-0.15, -0.1) is 0 Å². The molecular formula is C50H52N2O4. The van der Waals surface area contributed by atoms with E-state index in [0.717, 1.165) is 45.1 Å². The fraction of sp³-hybridized carbons (Fsp3) is 0.480. The van der Waals surface area contributed by atoms with Crippen LogP contribution in [0.25, 0.3) is 0 Å². The molecule has 6 aliphatic carbocycles. The second-order valence-corrected chi connectivity index (χ2v) is 18.7. The third-order valence-electron chi connectivity index (χ3n) is 17.6. The molecule has 2 amide bonds. The third kappa shape index (κ3) is 3.72. The van der Waals surface area contributed by atoms with Crippen molar-refractivity contribution in [1.29, 1.82) is 0 Å². The standard InChI is InChI=1S/C50H52N2O4/c1-55-45(53)51-25-23-48(38-16-6-4-12-32(38)28-43(48)51)40-18-8-20-42-36(40)30-44-50(42,24-26-52(44)46(54)56-2)49-22-10-14-34(49)29-35-39(17-7-19-41(35)49)47-21-9-13-33(47)27-31-11-3-5-15-37(31)47/h3-8,11-12,15-20,33-34,43-44H,9-10,13-14,21-30H2,1-2H3/t33-,34-,43-,44+,47+,48+,49+,50+/m0/s1. The maximum absolute atomic E-state index is 14.0. The lowest BCUT2D eigenvalue weighted by Gasteiger charge is -2.50. The Kier molecular flexibility index (Phi) is 6.90. The Morgan fingerprint density at radius 3 is 1.82 bits per heavy atom. The number of methoxy groups -OCH3 is 2. The average Bonchev–Trinajstić information content (AvgIpc) is 4.09. The van der Waals surface area contributed by atoms with Crippen molar-refractivity contribution < 1.29 is 19.1 Å². The summed E-state index contributed by atoms with van der Waals surface area (Å²) in [6.07, 6.45) is 12.8. The van der Waals surface area contributed by atoms with Crippen LogP contribution in [0.3, 0.4) is 0 Å². The Morgan fingerprint density at radius 2 is 1.07 bits per heavy atom. The number of carbonyl (C=O) groups is 2. The molecule has 12 rings (SSSR count). The minimum Gasteiger partial charge on any atom is -0.453 e. The molecule has 2 heterocycles. The summed E-state index contributed by atoms with van der Waals surface area (Å²) in [6.45, 7) is 1.39. The Hall–Kier alpha value is -4.58. The average molecular weight is 745 g/mol. The van der Waals surface area contributed by atoms with Crippen molar-refractivity contribution in [3.63, 3.8) is 0 Å². The van der Waals surface area contributed by atoms with Crippen molar-refractivity contribution in [2.45, 2.75) is 111 Å². The van der Waals surface area contributed by atoms with Gasteiger partial charge in [-0.2, -0.15) is 0 Å². The maximum atomic E-state index is 14.0. The van der Waals surface area contributed by atoms with Gasteiger partial charge in [0.05, 0.1) is 20.3 Å². The molecule has 4 fully saturated rings. The van der Waals surface area contributed by atoms with E-state index < -0.39 is 0 Å². The van der Waals surface area contributed by atoms with Crippen molar-refractivity contribution in [3.8, 4) is 0 Å². The molecule has 0 N–H and O–H groups in total. The molecule has 2 saturated heterocycles. The molecule has 0 aromatic heterocycles. The van der Waals surface area contributed by atoms with Gasteiger partial charge in [-0.3, -0.25) is 0 Å². The van der Waals surface area contributed by atoms with Crippen LogP contribution in [-0.4, -0.2) is 61.4 Å². The van der Waals surface area contributed by atoms with E-state index in [1.807, 2.05) is 4.90 Å². The molecule has 4 aromatic rings. The van der Waals surface area contributed by atoms with Crippen LogP contribution in [0.4, 0.5) is 9.59 Å². The first-order valence-electron chi connectivity index (χ1n) is 21.6. The van der Waals surface area contributed by atoms with Gasteiger partial charge in [-0.1, -0.05) is 97.8 Å². The molecule has 0 radical (unpaired) electrons. The molecule has 2 aliphatic heterocycles. The molecule has 8 atom stereocenters. The zero-order valence-corrected chi connectivity index (χ0v) is 32.8. The number of amides is 2. The molecule has 0 spiro atoms. The number of fused-ring (bicyclic) bond motifs is 13. The number of rotatable bonds is 3. The topological polar surface area (TPSA) is 59.1 Å². The number of benzene rings is 4. The predicted molar refractivity (Wildman–Crippen MR) is 215 cm³/mol. The Balaban J connectivity index is 1.08. The lowest BCUT2D eigenvalue weighted by atomic mass is 9.53. The number of carbonyl (C=O) groups excluding carboxylic acids is 2. The molecule has 286 valence electrons. The highest BCUT2D eigenvalue weighted by Crippen LogP contribution is 2.71. The summed E-state index contributed by atoms with van der Waals surface area (Å²) in [5.41, 5.74) is 14.4. The van der Waals surface area contributed by atoms with Crippen LogP contribution in [0.1, 0.15) is 107 Å². The van der Waals surface area contributed by atoms with E-state index in [-0.39, 0.29) is 45.9 Å². The zero-order chi connectivity index (χ0) is 37.6. The maximum Gasteiger partial charge on any atom is 0.409 e. The minimum atomic E-state index is -0.327. The Labute approximate surface area is 330 Å². The van der Waals surface area contributed by atoms with Crippen LogP contribution in [-0.2, 0) is 56.8 Å². The highest BCUT2D eigenvalue weighted by molar-refractivity contribution is 5.74. The van der Waals surface area contributed by atoms with Crippen molar-refractivity contribution in [2.75, 3.05) is 27.3 Å². The smallest absolute Gasteiger partial charge is 0.409 e. The van der Waals surface area contributed by atoms with Gasteiger partial charge in [0.15, 0.2) is 0 Å². The molecule has 8 aliphatic rings. The van der Waals surface area contributed by atoms with Gasteiger partial charge in [0, 0.05) is 40.8 Å². The van der Waals surface area contributed by atoms with Crippen LogP contribution in [0, 0.1) is 11.8 Å². The Bertz CT molecular complexity index is 2350. The lowest BCUT2D eigenvalue weighted by Crippen LogP contribution is -2.55. The predicted octanol–water partition coefficient (Wildman–Crippen LogP) is 8.94. The van der Waals surface area contributed by atoms with Gasteiger partial charge in [-0.25, -0.2) is 9.59 Å². The number of hydrogen-bond acceptors (Lipinski definition) is 4. The van der Waals surface area contributed by atoms with E-state index in [2.05, 4.69) is 89.8 Å². The summed E-state index contributed by atoms with van der Waals surface area (Å²) in [5.74, 6) is 1.20. The first-order valence-corrected chi connectivity index (χ1v) is 21.6. The second kappa shape index (κ2) is 11.5. The fourth-order valence-electron chi connectivity index (χ4n) is 16.1. The summed E-state index contributed by atoms with van der Waals surface area (Å²) in [5, 5.41) is 0. The molecule has 56 heavy (non-hydrogen) atoms. The number of likely N-dealkylation sites (tertiary alicyclic amines) is 2. The summed E-state index contributed by atoms with van der Waals surface area (Å²) >= 11 is 0. The second-order valence-electron chi connectivity index (χ2n) is 18.7. The lowest BCUT2D eigenvalue weighted by molar-refractivity contribution is 0.0923. The number of hydrogen-bond donors (Lipinski definition) is 0. The van der Waals surface area contributed by atoms with Crippen LogP contribution >= 0.6 is 0 Å². The Morgan fingerprint density at radius 1 is 0.518 bits per heavy atom. The van der Waals surface area contributed by atoms with Gasteiger partial charge in [0.1, 0.15) is 0 Å². The highest BCUT2D eigenvalue weighted by Gasteiger charge is 2.71. The number of nitrogens with zero attached hydrogens (tertiary/aromatic N) is 2. The van der Waals surface area contributed by atoms with Gasteiger partial charge in [0.25, 0.3) is 0 Å². The minimum absolute atomic E-state index is 0.00740. The van der Waals surface area contributed by atoms with Crippen molar-refractivity contribution in [3.05, 3.63) is 141 Å².